The highest BCUT2D eigenvalue weighted by Crippen LogP contribution is 2.20. The molecule has 0 amide bonds. The normalized spacial score (nSPS) is 10.3. The van der Waals surface area contributed by atoms with E-state index < -0.39 is 0 Å². The molecule has 1 N–H and O–H groups in total. The van der Waals surface area contributed by atoms with Gasteiger partial charge in [0.2, 0.25) is 0 Å². The van der Waals surface area contributed by atoms with Gasteiger partial charge >= 0.3 is 0 Å². The van der Waals surface area contributed by atoms with Crippen molar-refractivity contribution in [3.8, 4) is 0 Å². The average Bonchev–Trinajstić information content (AvgIpc) is 2.33. The largest absolute Gasteiger partial charge is 0.381 e. The lowest BCUT2D eigenvalue weighted by Crippen LogP contribution is -1.99. The van der Waals surface area contributed by atoms with Gasteiger partial charge in [0.15, 0.2) is 0 Å². The maximum atomic E-state index is 3.50. The molecule has 0 aliphatic rings. The van der Waals surface area contributed by atoms with Crippen molar-refractivity contribution in [1.82, 2.24) is 0 Å². The Morgan fingerprint density at radius 2 is 1.82 bits per heavy atom. The van der Waals surface area contributed by atoms with Crippen LogP contribution in [0.5, 0.6) is 0 Å². The average molecular weight is 402 g/mol. The molecule has 0 aromatic heterocycles. The Balaban J connectivity index is 2.02. The van der Waals surface area contributed by atoms with E-state index in [-0.39, 0.29) is 0 Å². The molecule has 0 aliphatic carbocycles. The first-order chi connectivity index (χ1) is 8.15. The molecule has 0 heterocycles. The van der Waals surface area contributed by atoms with E-state index in [1.165, 1.54) is 14.7 Å². The summed E-state index contributed by atoms with van der Waals surface area (Å²) in [6, 6.07) is 14.9. The summed E-state index contributed by atoms with van der Waals surface area (Å²) in [5.74, 6) is 0. The SMILES string of the molecule is Cc1cc(NCc2ccc(I)cc2)ccc1Br. The van der Waals surface area contributed by atoms with Gasteiger partial charge in [0.1, 0.15) is 0 Å². The van der Waals surface area contributed by atoms with Gasteiger partial charge < -0.3 is 5.32 Å². The molecule has 0 unspecified atom stereocenters. The summed E-state index contributed by atoms with van der Waals surface area (Å²) in [7, 11) is 0. The van der Waals surface area contributed by atoms with E-state index in [9.17, 15) is 0 Å². The molecule has 2 aromatic rings. The highest BCUT2D eigenvalue weighted by Gasteiger charge is 1.97. The molecule has 17 heavy (non-hydrogen) atoms. The summed E-state index contributed by atoms with van der Waals surface area (Å²) in [4.78, 5) is 0. The number of halogens is 2. The van der Waals surface area contributed by atoms with Crippen LogP contribution in [0.4, 0.5) is 5.69 Å². The van der Waals surface area contributed by atoms with Crippen LogP contribution in [0.3, 0.4) is 0 Å². The fraction of sp³-hybridized carbons (Fsp3) is 0.143. The Morgan fingerprint density at radius 1 is 1.12 bits per heavy atom. The van der Waals surface area contributed by atoms with Gasteiger partial charge in [-0.15, -0.1) is 0 Å². The molecule has 1 nitrogen and oxygen atoms in total. The van der Waals surface area contributed by atoms with Crippen molar-refractivity contribution in [3.05, 3.63) is 61.6 Å². The van der Waals surface area contributed by atoms with Crippen LogP contribution < -0.4 is 5.32 Å². The molecule has 0 bridgehead atoms. The van der Waals surface area contributed by atoms with Crippen molar-refractivity contribution < 1.29 is 0 Å². The van der Waals surface area contributed by atoms with Crippen molar-refractivity contribution in [2.45, 2.75) is 13.5 Å². The molecular weight excluding hydrogens is 389 g/mol. The summed E-state index contributed by atoms with van der Waals surface area (Å²) in [5.41, 5.74) is 3.70. The number of benzene rings is 2. The van der Waals surface area contributed by atoms with Gasteiger partial charge in [-0.1, -0.05) is 28.1 Å². The Kier molecular flexibility index (Phi) is 4.45. The lowest BCUT2D eigenvalue weighted by atomic mass is 10.2. The van der Waals surface area contributed by atoms with E-state index in [0.717, 1.165) is 16.7 Å². The third-order valence-corrected chi connectivity index (χ3v) is 4.18. The second-order valence-electron chi connectivity index (χ2n) is 3.94. The van der Waals surface area contributed by atoms with Crippen molar-refractivity contribution in [2.24, 2.45) is 0 Å². The second kappa shape index (κ2) is 5.87. The molecule has 0 fully saturated rings. The summed E-state index contributed by atoms with van der Waals surface area (Å²) in [6.45, 7) is 2.96. The van der Waals surface area contributed by atoms with Gasteiger partial charge in [-0.05, 0) is 71.0 Å². The molecule has 0 aliphatic heterocycles. The monoisotopic (exact) mass is 401 g/mol. The molecule has 2 rings (SSSR count). The zero-order chi connectivity index (χ0) is 12.3. The second-order valence-corrected chi connectivity index (χ2v) is 6.04. The van der Waals surface area contributed by atoms with Crippen LogP contribution in [0.2, 0.25) is 0 Å². The first kappa shape index (κ1) is 12.9. The van der Waals surface area contributed by atoms with E-state index in [4.69, 9.17) is 0 Å². The summed E-state index contributed by atoms with van der Waals surface area (Å²) in [6.07, 6.45) is 0. The van der Waals surface area contributed by atoms with Gasteiger partial charge in [0, 0.05) is 20.3 Å². The minimum absolute atomic E-state index is 0.859. The van der Waals surface area contributed by atoms with Gasteiger partial charge in [-0.2, -0.15) is 0 Å². The van der Waals surface area contributed by atoms with E-state index in [0.29, 0.717) is 0 Å². The number of aryl methyl sites for hydroxylation is 1. The predicted molar refractivity (Wildman–Crippen MR) is 85.4 cm³/mol. The van der Waals surface area contributed by atoms with Crippen LogP contribution in [-0.2, 0) is 6.54 Å². The van der Waals surface area contributed by atoms with E-state index in [1.54, 1.807) is 0 Å². The topological polar surface area (TPSA) is 12.0 Å². The predicted octanol–water partition coefficient (Wildman–Crippen LogP) is 4.97. The van der Waals surface area contributed by atoms with Gasteiger partial charge in [0.25, 0.3) is 0 Å². The van der Waals surface area contributed by atoms with Crippen LogP contribution >= 0.6 is 38.5 Å². The van der Waals surface area contributed by atoms with Gasteiger partial charge in [-0.25, -0.2) is 0 Å². The first-order valence-electron chi connectivity index (χ1n) is 5.39. The Bertz CT molecular complexity index is 508. The summed E-state index contributed by atoms with van der Waals surface area (Å²) < 4.78 is 2.42. The molecule has 0 saturated heterocycles. The van der Waals surface area contributed by atoms with Crippen molar-refractivity contribution in [2.75, 3.05) is 5.32 Å². The molecule has 0 atom stereocenters. The molecule has 3 heteroatoms. The van der Waals surface area contributed by atoms with Crippen LogP contribution in [0.25, 0.3) is 0 Å². The van der Waals surface area contributed by atoms with E-state index in [1.807, 2.05) is 0 Å². The maximum Gasteiger partial charge on any atom is 0.0400 e. The Morgan fingerprint density at radius 3 is 2.47 bits per heavy atom. The molecule has 88 valence electrons. The lowest BCUT2D eigenvalue weighted by Gasteiger charge is -2.08. The standard InChI is InChI=1S/C14H13BrIN/c1-10-8-13(6-7-14(10)15)17-9-11-2-4-12(16)5-3-11/h2-8,17H,9H2,1H3. The summed E-state index contributed by atoms with van der Waals surface area (Å²) in [5, 5.41) is 3.43. The molecule has 2 aromatic carbocycles. The van der Waals surface area contributed by atoms with Crippen LogP contribution in [-0.4, -0.2) is 0 Å². The van der Waals surface area contributed by atoms with Crippen LogP contribution in [0.15, 0.2) is 46.9 Å². The van der Waals surface area contributed by atoms with E-state index in [2.05, 4.69) is 93.2 Å². The third-order valence-electron chi connectivity index (χ3n) is 2.57. The summed E-state index contributed by atoms with van der Waals surface area (Å²) >= 11 is 5.82. The van der Waals surface area contributed by atoms with Crippen LogP contribution in [0.1, 0.15) is 11.1 Å². The van der Waals surface area contributed by atoms with Gasteiger partial charge in [-0.3, -0.25) is 0 Å². The minimum Gasteiger partial charge on any atom is -0.381 e. The molecule has 0 spiro atoms. The molecule has 0 saturated carbocycles. The Hall–Kier alpha value is -0.550. The number of hydrogen-bond donors (Lipinski definition) is 1. The smallest absolute Gasteiger partial charge is 0.0400 e. The molecule has 0 radical (unpaired) electrons. The fourth-order valence-electron chi connectivity index (χ4n) is 1.56. The minimum atomic E-state index is 0.859. The van der Waals surface area contributed by atoms with Crippen molar-refractivity contribution in [1.29, 1.82) is 0 Å². The van der Waals surface area contributed by atoms with E-state index >= 15 is 0 Å². The lowest BCUT2D eigenvalue weighted by molar-refractivity contribution is 1.14. The molecular formula is C14H13BrIN. The zero-order valence-electron chi connectivity index (χ0n) is 9.50. The van der Waals surface area contributed by atoms with Crippen molar-refractivity contribution in [3.63, 3.8) is 0 Å². The first-order valence-corrected chi connectivity index (χ1v) is 7.27. The maximum absolute atomic E-state index is 3.50. The highest BCUT2D eigenvalue weighted by molar-refractivity contribution is 14.1. The zero-order valence-corrected chi connectivity index (χ0v) is 13.2. The number of hydrogen-bond acceptors (Lipinski definition) is 1. The number of nitrogens with one attached hydrogen (secondary N) is 1. The highest BCUT2D eigenvalue weighted by atomic mass is 127. The third kappa shape index (κ3) is 3.71. The Labute approximate surface area is 124 Å². The number of rotatable bonds is 3. The quantitative estimate of drug-likeness (QED) is 0.715. The fourth-order valence-corrected chi connectivity index (χ4v) is 2.17. The van der Waals surface area contributed by atoms with Crippen molar-refractivity contribution >= 4 is 44.2 Å². The van der Waals surface area contributed by atoms with Gasteiger partial charge in [0.05, 0.1) is 0 Å². The van der Waals surface area contributed by atoms with Crippen LogP contribution in [0, 0.1) is 10.5 Å². The number of anilines is 1.